The van der Waals surface area contributed by atoms with Crippen LogP contribution >= 0.6 is 0 Å². The van der Waals surface area contributed by atoms with Crippen LogP contribution in [0.5, 0.6) is 11.5 Å². The summed E-state index contributed by atoms with van der Waals surface area (Å²) in [6, 6.07) is 28.6. The van der Waals surface area contributed by atoms with Gasteiger partial charge in [0.1, 0.15) is 11.5 Å². The predicted octanol–water partition coefficient (Wildman–Crippen LogP) is 5.73. The van der Waals surface area contributed by atoms with Crippen LogP contribution in [0.25, 0.3) is 11.3 Å². The van der Waals surface area contributed by atoms with E-state index in [1.807, 2.05) is 60.3 Å². The molecule has 3 aromatic carbocycles. The molecule has 0 aliphatic rings. The van der Waals surface area contributed by atoms with Gasteiger partial charge in [0.2, 0.25) is 0 Å². The van der Waals surface area contributed by atoms with E-state index in [9.17, 15) is 0 Å². The standard InChI is InChI=1S/C25H25N3O/c1-19(20-9-5-3-6-10-20)26-17-22-18-28(2)27-25(22)21-13-15-24(16-14-21)29-23-11-7-4-8-12-23/h3-16,18-19,26H,17H2,1-2H3/t19-/m1/s1. The van der Waals surface area contributed by atoms with Gasteiger partial charge in [-0.25, -0.2) is 0 Å². The number of hydrogen-bond acceptors (Lipinski definition) is 3. The number of hydrogen-bond donors (Lipinski definition) is 1. The quantitative estimate of drug-likeness (QED) is 0.443. The van der Waals surface area contributed by atoms with Gasteiger partial charge >= 0.3 is 0 Å². The van der Waals surface area contributed by atoms with Crippen molar-refractivity contribution in [3.05, 3.63) is 102 Å². The normalized spacial score (nSPS) is 11.9. The third-order valence-corrected chi connectivity index (χ3v) is 4.91. The van der Waals surface area contributed by atoms with Crippen molar-refractivity contribution in [1.82, 2.24) is 15.1 Å². The van der Waals surface area contributed by atoms with Gasteiger partial charge in [0, 0.05) is 37.0 Å². The number of nitrogens with zero attached hydrogens (tertiary/aromatic N) is 2. The van der Waals surface area contributed by atoms with E-state index in [0.717, 1.165) is 29.3 Å². The molecule has 0 amide bonds. The van der Waals surface area contributed by atoms with E-state index in [1.165, 1.54) is 11.1 Å². The molecule has 4 heteroatoms. The van der Waals surface area contributed by atoms with E-state index in [0.29, 0.717) is 0 Å². The summed E-state index contributed by atoms with van der Waals surface area (Å²) in [5, 5.41) is 8.29. The van der Waals surface area contributed by atoms with Gasteiger partial charge in [-0.3, -0.25) is 4.68 Å². The molecule has 0 bridgehead atoms. The van der Waals surface area contributed by atoms with Crippen molar-refractivity contribution in [2.75, 3.05) is 0 Å². The van der Waals surface area contributed by atoms with E-state index >= 15 is 0 Å². The van der Waals surface area contributed by atoms with Gasteiger partial charge in [0.25, 0.3) is 0 Å². The summed E-state index contributed by atoms with van der Waals surface area (Å²) in [5.74, 6) is 1.64. The number of nitrogens with one attached hydrogen (secondary N) is 1. The topological polar surface area (TPSA) is 39.1 Å². The van der Waals surface area contributed by atoms with Crippen LogP contribution < -0.4 is 10.1 Å². The van der Waals surface area contributed by atoms with E-state index in [-0.39, 0.29) is 6.04 Å². The summed E-state index contributed by atoms with van der Waals surface area (Å²) in [6.45, 7) is 2.93. The molecule has 4 rings (SSSR count). The van der Waals surface area contributed by atoms with Crippen molar-refractivity contribution in [2.45, 2.75) is 19.5 Å². The lowest BCUT2D eigenvalue weighted by Crippen LogP contribution is -2.18. The monoisotopic (exact) mass is 383 g/mol. The Balaban J connectivity index is 1.47. The first-order chi connectivity index (χ1) is 14.2. The molecule has 0 aliphatic heterocycles. The van der Waals surface area contributed by atoms with Gasteiger partial charge in [-0.15, -0.1) is 0 Å². The van der Waals surface area contributed by atoms with E-state index in [2.05, 4.69) is 59.9 Å². The van der Waals surface area contributed by atoms with Crippen molar-refractivity contribution >= 4 is 0 Å². The Hall–Kier alpha value is -3.37. The number of rotatable bonds is 7. The highest BCUT2D eigenvalue weighted by Gasteiger charge is 2.12. The molecule has 1 N–H and O–H groups in total. The summed E-state index contributed by atoms with van der Waals surface area (Å²) in [6.07, 6.45) is 2.08. The number of ether oxygens (including phenoxy) is 1. The van der Waals surface area contributed by atoms with Gasteiger partial charge < -0.3 is 10.1 Å². The molecule has 0 saturated carbocycles. The second kappa shape index (κ2) is 8.76. The van der Waals surface area contributed by atoms with Gasteiger partial charge in [-0.05, 0) is 48.9 Å². The maximum atomic E-state index is 5.89. The molecule has 0 fully saturated rings. The molecule has 4 aromatic rings. The maximum Gasteiger partial charge on any atom is 0.127 e. The number of aromatic nitrogens is 2. The third-order valence-electron chi connectivity index (χ3n) is 4.91. The smallest absolute Gasteiger partial charge is 0.127 e. The van der Waals surface area contributed by atoms with E-state index in [4.69, 9.17) is 4.74 Å². The molecule has 1 aromatic heterocycles. The van der Waals surface area contributed by atoms with Crippen LogP contribution in [0.4, 0.5) is 0 Å². The fraction of sp³-hybridized carbons (Fsp3) is 0.160. The molecular formula is C25H25N3O. The highest BCUT2D eigenvalue weighted by molar-refractivity contribution is 5.63. The van der Waals surface area contributed by atoms with Gasteiger partial charge in [-0.1, -0.05) is 48.5 Å². The van der Waals surface area contributed by atoms with Crippen LogP contribution in [0.2, 0.25) is 0 Å². The Labute approximate surface area is 171 Å². The number of benzene rings is 3. The molecule has 1 atom stereocenters. The minimum atomic E-state index is 0.269. The molecule has 146 valence electrons. The Morgan fingerprint density at radius 2 is 1.48 bits per heavy atom. The zero-order chi connectivity index (χ0) is 20.1. The first kappa shape index (κ1) is 19.0. The largest absolute Gasteiger partial charge is 0.457 e. The van der Waals surface area contributed by atoms with Gasteiger partial charge in [0.05, 0.1) is 5.69 Å². The predicted molar refractivity (Wildman–Crippen MR) is 117 cm³/mol. The lowest BCUT2D eigenvalue weighted by atomic mass is 10.1. The molecule has 29 heavy (non-hydrogen) atoms. The van der Waals surface area contributed by atoms with E-state index < -0.39 is 0 Å². The fourth-order valence-corrected chi connectivity index (χ4v) is 3.34. The minimum Gasteiger partial charge on any atom is -0.457 e. The number of aryl methyl sites for hydroxylation is 1. The summed E-state index contributed by atoms with van der Waals surface area (Å²) in [4.78, 5) is 0. The van der Waals surface area contributed by atoms with Crippen LogP contribution in [-0.2, 0) is 13.6 Å². The summed E-state index contributed by atoms with van der Waals surface area (Å²) >= 11 is 0. The fourth-order valence-electron chi connectivity index (χ4n) is 3.34. The van der Waals surface area contributed by atoms with E-state index in [1.54, 1.807) is 0 Å². The zero-order valence-electron chi connectivity index (χ0n) is 16.7. The Kier molecular flexibility index (Phi) is 5.73. The molecule has 0 radical (unpaired) electrons. The van der Waals surface area contributed by atoms with Crippen LogP contribution in [-0.4, -0.2) is 9.78 Å². The molecule has 0 saturated heterocycles. The highest BCUT2D eigenvalue weighted by atomic mass is 16.5. The Morgan fingerprint density at radius 1 is 0.862 bits per heavy atom. The first-order valence-electron chi connectivity index (χ1n) is 9.83. The third kappa shape index (κ3) is 4.73. The first-order valence-corrected chi connectivity index (χ1v) is 9.83. The molecule has 0 spiro atoms. The van der Waals surface area contributed by atoms with Crippen LogP contribution in [0.1, 0.15) is 24.1 Å². The van der Waals surface area contributed by atoms with Crippen molar-refractivity contribution in [3.63, 3.8) is 0 Å². The van der Waals surface area contributed by atoms with Gasteiger partial charge in [0.15, 0.2) is 0 Å². The minimum absolute atomic E-state index is 0.269. The summed E-state index contributed by atoms with van der Waals surface area (Å²) < 4.78 is 7.76. The second-order valence-corrected chi connectivity index (χ2v) is 7.13. The molecule has 0 aliphatic carbocycles. The van der Waals surface area contributed by atoms with Gasteiger partial charge in [-0.2, -0.15) is 5.10 Å². The molecule has 1 heterocycles. The van der Waals surface area contributed by atoms with Crippen molar-refractivity contribution in [2.24, 2.45) is 7.05 Å². The molecular weight excluding hydrogens is 358 g/mol. The number of para-hydroxylation sites is 1. The second-order valence-electron chi connectivity index (χ2n) is 7.13. The molecule has 4 nitrogen and oxygen atoms in total. The maximum absolute atomic E-state index is 5.89. The summed E-state index contributed by atoms with van der Waals surface area (Å²) in [7, 11) is 1.96. The van der Waals surface area contributed by atoms with Crippen LogP contribution in [0, 0.1) is 0 Å². The van der Waals surface area contributed by atoms with Crippen LogP contribution in [0.15, 0.2) is 91.1 Å². The average Bonchev–Trinajstić information content (AvgIpc) is 3.14. The van der Waals surface area contributed by atoms with Crippen molar-refractivity contribution in [3.8, 4) is 22.8 Å². The van der Waals surface area contributed by atoms with Crippen LogP contribution in [0.3, 0.4) is 0 Å². The highest BCUT2D eigenvalue weighted by Crippen LogP contribution is 2.27. The molecule has 0 unspecified atom stereocenters. The van der Waals surface area contributed by atoms with Crippen molar-refractivity contribution < 1.29 is 4.74 Å². The zero-order valence-corrected chi connectivity index (χ0v) is 16.7. The Bertz CT molecular complexity index is 1040. The Morgan fingerprint density at radius 3 is 2.17 bits per heavy atom. The summed E-state index contributed by atoms with van der Waals surface area (Å²) in [5.41, 5.74) is 4.52. The lowest BCUT2D eigenvalue weighted by molar-refractivity contribution is 0.483. The van der Waals surface area contributed by atoms with Crippen molar-refractivity contribution in [1.29, 1.82) is 0 Å². The average molecular weight is 383 g/mol. The lowest BCUT2D eigenvalue weighted by Gasteiger charge is -2.14. The SMILES string of the molecule is C[C@@H](NCc1cn(C)nc1-c1ccc(Oc2ccccc2)cc1)c1ccccc1.